The van der Waals surface area contributed by atoms with Crippen molar-refractivity contribution < 1.29 is 4.79 Å². The molecule has 0 aromatic heterocycles. The number of nitrogens with one attached hydrogen (secondary N) is 3. The number of hydrogen-bond acceptors (Lipinski definition) is 3. The average Bonchev–Trinajstić information content (AvgIpc) is 2.42. The van der Waals surface area contributed by atoms with E-state index in [4.69, 9.17) is 0 Å². The van der Waals surface area contributed by atoms with Crippen molar-refractivity contribution >= 4 is 17.3 Å². The van der Waals surface area contributed by atoms with Crippen LogP contribution in [0.1, 0.15) is 37.0 Å². The lowest BCUT2D eigenvalue weighted by Gasteiger charge is -2.20. The molecule has 1 aromatic rings. The lowest BCUT2D eigenvalue weighted by Crippen LogP contribution is -2.26. The molecule has 1 aliphatic heterocycles. The molecule has 4 heteroatoms. The minimum atomic E-state index is 0.0129. The minimum absolute atomic E-state index is 0.0129. The van der Waals surface area contributed by atoms with Crippen LogP contribution in [0.2, 0.25) is 0 Å². The van der Waals surface area contributed by atoms with E-state index in [1.807, 2.05) is 18.2 Å². The fourth-order valence-electron chi connectivity index (χ4n) is 2.19. The average molecular weight is 261 g/mol. The molecule has 4 nitrogen and oxygen atoms in total. The Labute approximate surface area is 115 Å². The van der Waals surface area contributed by atoms with Crippen LogP contribution in [-0.2, 0) is 0 Å². The van der Waals surface area contributed by atoms with Crippen molar-refractivity contribution in [2.45, 2.75) is 26.7 Å². The third-order valence-corrected chi connectivity index (χ3v) is 3.28. The normalized spacial score (nSPS) is 13.4. The molecule has 0 bridgehead atoms. The summed E-state index contributed by atoms with van der Waals surface area (Å²) in [5, 5.41) is 9.57. The molecule has 3 N–H and O–H groups in total. The van der Waals surface area contributed by atoms with Crippen LogP contribution < -0.4 is 16.0 Å². The van der Waals surface area contributed by atoms with Crippen molar-refractivity contribution in [3.63, 3.8) is 0 Å². The third kappa shape index (κ3) is 3.88. The monoisotopic (exact) mass is 261 g/mol. The van der Waals surface area contributed by atoms with Crippen LogP contribution in [0.4, 0.5) is 11.4 Å². The van der Waals surface area contributed by atoms with E-state index in [0.717, 1.165) is 49.4 Å². The summed E-state index contributed by atoms with van der Waals surface area (Å²) >= 11 is 0. The number of rotatable bonds is 5. The number of carbonyl (C=O) groups is 1. The van der Waals surface area contributed by atoms with E-state index in [0.29, 0.717) is 5.92 Å². The molecular formula is C15H23N3O. The molecule has 19 heavy (non-hydrogen) atoms. The first-order valence-corrected chi connectivity index (χ1v) is 7.07. The number of amides is 1. The molecule has 104 valence electrons. The minimum Gasteiger partial charge on any atom is -0.382 e. The van der Waals surface area contributed by atoms with E-state index >= 15 is 0 Å². The number of hydrogen-bond donors (Lipinski definition) is 3. The molecule has 0 aliphatic carbocycles. The smallest absolute Gasteiger partial charge is 0.251 e. The van der Waals surface area contributed by atoms with E-state index in [9.17, 15) is 4.79 Å². The second kappa shape index (κ2) is 6.45. The van der Waals surface area contributed by atoms with Gasteiger partial charge in [-0.1, -0.05) is 13.8 Å². The van der Waals surface area contributed by atoms with Crippen molar-refractivity contribution in [3.05, 3.63) is 23.8 Å². The van der Waals surface area contributed by atoms with Crippen molar-refractivity contribution in [2.75, 3.05) is 30.3 Å². The Morgan fingerprint density at radius 1 is 1.26 bits per heavy atom. The molecule has 1 amide bonds. The first kappa shape index (κ1) is 13.7. The van der Waals surface area contributed by atoms with Crippen molar-refractivity contribution in [1.82, 2.24) is 5.32 Å². The lowest BCUT2D eigenvalue weighted by atomic mass is 10.1. The van der Waals surface area contributed by atoms with Crippen LogP contribution in [0.25, 0.3) is 0 Å². The van der Waals surface area contributed by atoms with Gasteiger partial charge in [-0.2, -0.15) is 0 Å². The summed E-state index contributed by atoms with van der Waals surface area (Å²) in [7, 11) is 0. The number of anilines is 2. The molecule has 1 aliphatic rings. The van der Waals surface area contributed by atoms with Gasteiger partial charge in [0.15, 0.2) is 0 Å². The standard InChI is InChI=1S/C15H23N3O/c1-11(2)4-3-7-18-15(19)12-5-6-13-14(10-12)17-9-8-16-13/h5-6,10-11,16-17H,3-4,7-9H2,1-2H3,(H,18,19). The maximum absolute atomic E-state index is 12.0. The molecule has 0 unspecified atom stereocenters. The van der Waals surface area contributed by atoms with Crippen molar-refractivity contribution in [3.8, 4) is 0 Å². The van der Waals surface area contributed by atoms with E-state index in [2.05, 4.69) is 29.8 Å². The Morgan fingerprint density at radius 3 is 2.74 bits per heavy atom. The summed E-state index contributed by atoms with van der Waals surface area (Å²) in [5.74, 6) is 0.704. The van der Waals surface area contributed by atoms with Gasteiger partial charge in [0.1, 0.15) is 0 Å². The van der Waals surface area contributed by atoms with Gasteiger partial charge in [0, 0.05) is 25.2 Å². The highest BCUT2D eigenvalue weighted by Crippen LogP contribution is 2.25. The molecule has 0 radical (unpaired) electrons. The zero-order chi connectivity index (χ0) is 13.7. The summed E-state index contributed by atoms with van der Waals surface area (Å²) in [6.45, 7) is 6.97. The van der Waals surface area contributed by atoms with Gasteiger partial charge in [0.25, 0.3) is 5.91 Å². The van der Waals surface area contributed by atoms with E-state index in [1.54, 1.807) is 0 Å². The summed E-state index contributed by atoms with van der Waals surface area (Å²) in [5.41, 5.74) is 2.81. The first-order chi connectivity index (χ1) is 9.16. The largest absolute Gasteiger partial charge is 0.382 e. The van der Waals surface area contributed by atoms with E-state index < -0.39 is 0 Å². The Bertz CT molecular complexity index is 443. The van der Waals surface area contributed by atoms with Crippen LogP contribution in [0.15, 0.2) is 18.2 Å². The predicted molar refractivity (Wildman–Crippen MR) is 79.8 cm³/mol. The van der Waals surface area contributed by atoms with Gasteiger partial charge >= 0.3 is 0 Å². The Morgan fingerprint density at radius 2 is 2.00 bits per heavy atom. The highest BCUT2D eigenvalue weighted by molar-refractivity contribution is 5.96. The van der Waals surface area contributed by atoms with Crippen LogP contribution in [0, 0.1) is 5.92 Å². The fraction of sp³-hybridized carbons (Fsp3) is 0.533. The summed E-state index contributed by atoms with van der Waals surface area (Å²) in [6.07, 6.45) is 2.18. The van der Waals surface area contributed by atoms with Gasteiger partial charge in [-0.05, 0) is 37.0 Å². The van der Waals surface area contributed by atoms with Gasteiger partial charge < -0.3 is 16.0 Å². The molecule has 0 saturated heterocycles. The molecule has 2 rings (SSSR count). The van der Waals surface area contributed by atoms with Gasteiger partial charge in [-0.25, -0.2) is 0 Å². The summed E-state index contributed by atoms with van der Waals surface area (Å²) < 4.78 is 0. The van der Waals surface area contributed by atoms with Gasteiger partial charge in [-0.15, -0.1) is 0 Å². The number of fused-ring (bicyclic) bond motifs is 1. The second-order valence-corrected chi connectivity index (χ2v) is 5.41. The maximum atomic E-state index is 12.0. The molecule has 1 aromatic carbocycles. The zero-order valence-corrected chi connectivity index (χ0v) is 11.8. The highest BCUT2D eigenvalue weighted by atomic mass is 16.1. The number of benzene rings is 1. The van der Waals surface area contributed by atoms with Crippen molar-refractivity contribution in [2.24, 2.45) is 5.92 Å². The molecule has 0 spiro atoms. The van der Waals surface area contributed by atoms with Gasteiger partial charge in [0.2, 0.25) is 0 Å². The lowest BCUT2D eigenvalue weighted by molar-refractivity contribution is 0.0952. The van der Waals surface area contributed by atoms with Crippen LogP contribution in [-0.4, -0.2) is 25.5 Å². The molecule has 0 saturated carbocycles. The van der Waals surface area contributed by atoms with Gasteiger partial charge in [0.05, 0.1) is 11.4 Å². The van der Waals surface area contributed by atoms with Crippen LogP contribution >= 0.6 is 0 Å². The highest BCUT2D eigenvalue weighted by Gasteiger charge is 2.11. The van der Waals surface area contributed by atoms with E-state index in [1.165, 1.54) is 0 Å². The fourth-order valence-corrected chi connectivity index (χ4v) is 2.19. The Hall–Kier alpha value is -1.71. The van der Waals surface area contributed by atoms with Crippen molar-refractivity contribution in [1.29, 1.82) is 0 Å². The third-order valence-electron chi connectivity index (χ3n) is 3.28. The SMILES string of the molecule is CC(C)CCCNC(=O)c1ccc2c(c1)NCCN2. The second-order valence-electron chi connectivity index (χ2n) is 5.41. The summed E-state index contributed by atoms with van der Waals surface area (Å²) in [4.78, 5) is 12.0. The Kier molecular flexibility index (Phi) is 4.66. The predicted octanol–water partition coefficient (Wildman–Crippen LogP) is 2.69. The maximum Gasteiger partial charge on any atom is 0.251 e. The quantitative estimate of drug-likeness (QED) is 0.714. The topological polar surface area (TPSA) is 53.2 Å². The van der Waals surface area contributed by atoms with Crippen LogP contribution in [0.3, 0.4) is 0 Å². The van der Waals surface area contributed by atoms with E-state index in [-0.39, 0.29) is 5.91 Å². The zero-order valence-electron chi connectivity index (χ0n) is 11.8. The Balaban J connectivity index is 1.88. The molecule has 0 atom stereocenters. The summed E-state index contributed by atoms with van der Waals surface area (Å²) in [6, 6.07) is 5.75. The molecule has 0 fully saturated rings. The number of carbonyl (C=O) groups excluding carboxylic acids is 1. The first-order valence-electron chi connectivity index (χ1n) is 7.07. The molecule has 1 heterocycles. The molecular weight excluding hydrogens is 238 g/mol. The van der Waals surface area contributed by atoms with Gasteiger partial charge in [-0.3, -0.25) is 4.79 Å². The van der Waals surface area contributed by atoms with Crippen LogP contribution in [0.5, 0.6) is 0 Å².